The van der Waals surface area contributed by atoms with Crippen LogP contribution in [0.5, 0.6) is 11.6 Å². The maximum Gasteiger partial charge on any atom is 0.263 e. The second-order valence-corrected chi connectivity index (χ2v) is 6.13. The van der Waals surface area contributed by atoms with Crippen LogP contribution in [0.3, 0.4) is 0 Å². The van der Waals surface area contributed by atoms with Crippen molar-refractivity contribution < 1.29 is 4.74 Å². The summed E-state index contributed by atoms with van der Waals surface area (Å²) >= 11 is 0. The molecule has 0 saturated carbocycles. The van der Waals surface area contributed by atoms with Gasteiger partial charge in [0.2, 0.25) is 0 Å². The minimum Gasteiger partial charge on any atom is -0.436 e. The summed E-state index contributed by atoms with van der Waals surface area (Å²) in [5, 5.41) is 0. The van der Waals surface area contributed by atoms with Crippen LogP contribution in [0.1, 0.15) is 25.3 Å². The number of para-hydroxylation sites is 2. The van der Waals surface area contributed by atoms with E-state index in [1.807, 2.05) is 36.4 Å². The van der Waals surface area contributed by atoms with E-state index in [0.717, 1.165) is 42.1 Å². The van der Waals surface area contributed by atoms with Gasteiger partial charge >= 0.3 is 0 Å². The lowest BCUT2D eigenvalue weighted by Gasteiger charge is -2.19. The lowest BCUT2D eigenvalue weighted by molar-refractivity contribution is 0.462. The molecular formula is C20H21N3O. The van der Waals surface area contributed by atoms with E-state index in [0.29, 0.717) is 5.88 Å². The topological polar surface area (TPSA) is 38.3 Å². The number of nitrogens with zero attached hydrogens (tertiary/aromatic N) is 3. The molecule has 0 unspecified atom stereocenters. The minimum absolute atomic E-state index is 0.597. The first-order chi connectivity index (χ1) is 11.8. The van der Waals surface area contributed by atoms with Crippen molar-refractivity contribution in [3.05, 3.63) is 54.1 Å². The van der Waals surface area contributed by atoms with Gasteiger partial charge in [0.15, 0.2) is 5.82 Å². The zero-order valence-electron chi connectivity index (χ0n) is 13.9. The van der Waals surface area contributed by atoms with E-state index in [4.69, 9.17) is 14.7 Å². The summed E-state index contributed by atoms with van der Waals surface area (Å²) in [6, 6.07) is 16.2. The van der Waals surface area contributed by atoms with Crippen molar-refractivity contribution in [2.75, 3.05) is 18.0 Å². The number of aromatic nitrogens is 2. The first-order valence-electron chi connectivity index (χ1n) is 8.62. The van der Waals surface area contributed by atoms with E-state index in [1.165, 1.54) is 18.4 Å². The monoisotopic (exact) mass is 319 g/mol. The third-order valence-electron chi connectivity index (χ3n) is 4.47. The molecule has 24 heavy (non-hydrogen) atoms. The molecule has 2 aromatic carbocycles. The van der Waals surface area contributed by atoms with Gasteiger partial charge in [0, 0.05) is 13.1 Å². The van der Waals surface area contributed by atoms with Crippen molar-refractivity contribution in [2.45, 2.75) is 26.2 Å². The van der Waals surface area contributed by atoms with Gasteiger partial charge in [-0.2, -0.15) is 0 Å². The minimum atomic E-state index is 0.597. The molecule has 4 rings (SSSR count). The van der Waals surface area contributed by atoms with Crippen LogP contribution in [0.15, 0.2) is 48.5 Å². The largest absolute Gasteiger partial charge is 0.436 e. The quantitative estimate of drug-likeness (QED) is 0.705. The molecule has 122 valence electrons. The van der Waals surface area contributed by atoms with Gasteiger partial charge in [-0.1, -0.05) is 31.2 Å². The summed E-state index contributed by atoms with van der Waals surface area (Å²) in [4.78, 5) is 11.8. The molecule has 4 nitrogen and oxygen atoms in total. The van der Waals surface area contributed by atoms with E-state index >= 15 is 0 Å². The Kier molecular flexibility index (Phi) is 4.03. The summed E-state index contributed by atoms with van der Waals surface area (Å²) < 4.78 is 6.11. The third kappa shape index (κ3) is 2.92. The van der Waals surface area contributed by atoms with E-state index in [-0.39, 0.29) is 0 Å². The fourth-order valence-corrected chi connectivity index (χ4v) is 3.08. The first-order valence-corrected chi connectivity index (χ1v) is 8.62. The van der Waals surface area contributed by atoms with Crippen LogP contribution in [-0.2, 0) is 6.42 Å². The summed E-state index contributed by atoms with van der Waals surface area (Å²) in [5.74, 6) is 2.25. The first kappa shape index (κ1) is 14.9. The molecule has 2 heterocycles. The normalized spacial score (nSPS) is 14.3. The molecule has 1 aromatic heterocycles. The standard InChI is InChI=1S/C20H21N3O/c1-2-15-9-11-16(12-10-15)24-20-19(23-13-5-6-14-23)21-17-7-3-4-8-18(17)22-20/h3-4,7-12H,2,5-6,13-14H2,1H3. The molecule has 4 heteroatoms. The highest BCUT2D eigenvalue weighted by atomic mass is 16.5. The van der Waals surface area contributed by atoms with Crippen molar-refractivity contribution in [3.63, 3.8) is 0 Å². The molecule has 0 atom stereocenters. The third-order valence-corrected chi connectivity index (χ3v) is 4.47. The second-order valence-electron chi connectivity index (χ2n) is 6.13. The molecule has 0 radical (unpaired) electrons. The van der Waals surface area contributed by atoms with Gasteiger partial charge < -0.3 is 9.64 Å². The van der Waals surface area contributed by atoms with Crippen molar-refractivity contribution in [1.29, 1.82) is 0 Å². The van der Waals surface area contributed by atoms with Gasteiger partial charge in [-0.3, -0.25) is 0 Å². The highest BCUT2D eigenvalue weighted by Gasteiger charge is 2.20. The van der Waals surface area contributed by atoms with Gasteiger partial charge in [0.05, 0.1) is 11.0 Å². The van der Waals surface area contributed by atoms with Gasteiger partial charge in [0.1, 0.15) is 5.75 Å². The molecule has 0 bridgehead atoms. The summed E-state index contributed by atoms with van der Waals surface area (Å²) in [6.45, 7) is 4.17. The number of aryl methyl sites for hydroxylation is 1. The number of fused-ring (bicyclic) bond motifs is 1. The maximum absolute atomic E-state index is 6.11. The molecule has 1 saturated heterocycles. The number of rotatable bonds is 4. The predicted molar refractivity (Wildman–Crippen MR) is 96.9 cm³/mol. The van der Waals surface area contributed by atoms with Gasteiger partial charge in [-0.05, 0) is 49.1 Å². The molecule has 0 amide bonds. The number of hydrogen-bond acceptors (Lipinski definition) is 4. The summed E-state index contributed by atoms with van der Waals surface area (Å²) in [5.41, 5.74) is 3.07. The van der Waals surface area contributed by atoms with Crippen LogP contribution in [0.4, 0.5) is 5.82 Å². The Morgan fingerprint density at radius 3 is 2.25 bits per heavy atom. The Bertz CT molecular complexity index is 839. The fraction of sp³-hybridized carbons (Fsp3) is 0.300. The van der Waals surface area contributed by atoms with Crippen molar-refractivity contribution in [2.24, 2.45) is 0 Å². The van der Waals surface area contributed by atoms with Crippen molar-refractivity contribution in [3.8, 4) is 11.6 Å². The van der Waals surface area contributed by atoms with E-state index in [9.17, 15) is 0 Å². The Labute approximate surface area is 142 Å². The Hall–Kier alpha value is -2.62. The number of hydrogen-bond donors (Lipinski definition) is 0. The highest BCUT2D eigenvalue weighted by molar-refractivity contribution is 5.77. The molecule has 3 aromatic rings. The number of benzene rings is 2. The Morgan fingerprint density at radius 1 is 0.917 bits per heavy atom. The van der Waals surface area contributed by atoms with E-state index in [2.05, 4.69) is 24.0 Å². The van der Waals surface area contributed by atoms with Gasteiger partial charge in [0.25, 0.3) is 5.88 Å². The summed E-state index contributed by atoms with van der Waals surface area (Å²) in [6.07, 6.45) is 3.41. The van der Waals surface area contributed by atoms with E-state index < -0.39 is 0 Å². The number of anilines is 1. The second kappa shape index (κ2) is 6.48. The SMILES string of the molecule is CCc1ccc(Oc2nc3ccccc3nc2N2CCCC2)cc1. The maximum atomic E-state index is 6.11. The Balaban J connectivity index is 1.74. The lowest BCUT2D eigenvalue weighted by atomic mass is 10.2. The smallest absolute Gasteiger partial charge is 0.263 e. The van der Waals surface area contributed by atoms with E-state index in [1.54, 1.807) is 0 Å². The van der Waals surface area contributed by atoms with Crippen LogP contribution in [-0.4, -0.2) is 23.1 Å². The predicted octanol–water partition coefficient (Wildman–Crippen LogP) is 4.58. The van der Waals surface area contributed by atoms with Crippen LogP contribution < -0.4 is 9.64 Å². The number of ether oxygens (including phenoxy) is 1. The fourth-order valence-electron chi connectivity index (χ4n) is 3.08. The van der Waals surface area contributed by atoms with Crippen LogP contribution >= 0.6 is 0 Å². The summed E-state index contributed by atoms with van der Waals surface area (Å²) in [7, 11) is 0. The van der Waals surface area contributed by atoms with Crippen LogP contribution in [0, 0.1) is 0 Å². The molecule has 0 spiro atoms. The highest BCUT2D eigenvalue weighted by Crippen LogP contribution is 2.32. The van der Waals surface area contributed by atoms with Crippen molar-refractivity contribution >= 4 is 16.9 Å². The zero-order chi connectivity index (χ0) is 16.4. The van der Waals surface area contributed by atoms with Gasteiger partial charge in [-0.15, -0.1) is 0 Å². The molecule has 1 aliphatic heterocycles. The lowest BCUT2D eigenvalue weighted by Crippen LogP contribution is -2.20. The average Bonchev–Trinajstić information content (AvgIpc) is 3.16. The molecular weight excluding hydrogens is 298 g/mol. The van der Waals surface area contributed by atoms with Crippen molar-refractivity contribution in [1.82, 2.24) is 9.97 Å². The van der Waals surface area contributed by atoms with Crippen LogP contribution in [0.2, 0.25) is 0 Å². The zero-order valence-corrected chi connectivity index (χ0v) is 13.9. The molecule has 0 N–H and O–H groups in total. The molecule has 1 fully saturated rings. The molecule has 1 aliphatic rings. The van der Waals surface area contributed by atoms with Crippen LogP contribution in [0.25, 0.3) is 11.0 Å². The van der Waals surface area contributed by atoms with Gasteiger partial charge in [-0.25, -0.2) is 9.97 Å². The molecule has 0 aliphatic carbocycles. The Morgan fingerprint density at radius 2 is 1.58 bits per heavy atom. The average molecular weight is 319 g/mol.